The van der Waals surface area contributed by atoms with E-state index in [1.54, 1.807) is 31.2 Å². The van der Waals surface area contributed by atoms with Gasteiger partial charge in [0.1, 0.15) is 5.75 Å². The highest BCUT2D eigenvalue weighted by molar-refractivity contribution is 6.30. The molecule has 0 N–H and O–H groups in total. The second kappa shape index (κ2) is 8.01. The fourth-order valence-electron chi connectivity index (χ4n) is 2.19. The van der Waals surface area contributed by atoms with Gasteiger partial charge in [0.05, 0.1) is 0 Å². The van der Waals surface area contributed by atoms with Crippen LogP contribution in [0.2, 0.25) is 5.02 Å². The molecule has 0 unspecified atom stereocenters. The number of aryl methyl sites for hydroxylation is 1. The minimum atomic E-state index is -0.683. The molecule has 0 spiro atoms. The van der Waals surface area contributed by atoms with Crippen LogP contribution in [0.3, 0.4) is 0 Å². The van der Waals surface area contributed by atoms with Gasteiger partial charge in [0, 0.05) is 10.6 Å². The van der Waals surface area contributed by atoms with Crippen LogP contribution in [0, 0.1) is 6.92 Å². The Hall–Kier alpha value is -2.86. The van der Waals surface area contributed by atoms with Crippen molar-refractivity contribution in [1.82, 2.24) is 10.2 Å². The SMILES string of the molecule is Cc1ccc(-c2nnc([C@@H](C)OC(=O)COc3cccc(Cl)c3)o2)cc1. The molecule has 0 fully saturated rings. The molecule has 0 aliphatic rings. The summed E-state index contributed by atoms with van der Waals surface area (Å²) in [6.45, 7) is 3.41. The van der Waals surface area contributed by atoms with Gasteiger partial charge in [-0.05, 0) is 44.2 Å². The van der Waals surface area contributed by atoms with Gasteiger partial charge in [-0.25, -0.2) is 4.79 Å². The zero-order valence-corrected chi connectivity index (χ0v) is 15.1. The molecule has 0 bridgehead atoms. The molecule has 6 nitrogen and oxygen atoms in total. The Balaban J connectivity index is 1.56. The molecule has 0 radical (unpaired) electrons. The highest BCUT2D eigenvalue weighted by Crippen LogP contribution is 2.23. The third kappa shape index (κ3) is 4.61. The summed E-state index contributed by atoms with van der Waals surface area (Å²) in [6, 6.07) is 14.5. The van der Waals surface area contributed by atoms with Crippen molar-refractivity contribution < 1.29 is 18.7 Å². The topological polar surface area (TPSA) is 74.5 Å². The van der Waals surface area contributed by atoms with E-state index in [1.165, 1.54) is 0 Å². The van der Waals surface area contributed by atoms with Crippen molar-refractivity contribution in [2.24, 2.45) is 0 Å². The molecule has 0 amide bonds. The number of carbonyl (C=O) groups is 1. The second-order valence-electron chi connectivity index (χ2n) is 5.69. The van der Waals surface area contributed by atoms with Crippen LogP contribution in [0.15, 0.2) is 52.9 Å². The Morgan fingerprint density at radius 1 is 1.19 bits per heavy atom. The zero-order chi connectivity index (χ0) is 18.5. The van der Waals surface area contributed by atoms with Gasteiger partial charge in [-0.3, -0.25) is 0 Å². The van der Waals surface area contributed by atoms with Crippen LogP contribution in [-0.4, -0.2) is 22.8 Å². The highest BCUT2D eigenvalue weighted by Gasteiger charge is 2.19. The van der Waals surface area contributed by atoms with Crippen LogP contribution in [-0.2, 0) is 9.53 Å². The van der Waals surface area contributed by atoms with Crippen molar-refractivity contribution in [1.29, 1.82) is 0 Å². The summed E-state index contributed by atoms with van der Waals surface area (Å²) >= 11 is 5.86. The molecule has 1 atom stereocenters. The first-order chi connectivity index (χ1) is 12.5. The van der Waals surface area contributed by atoms with Gasteiger partial charge < -0.3 is 13.9 Å². The molecule has 3 rings (SSSR count). The fraction of sp³-hybridized carbons (Fsp3) is 0.211. The lowest BCUT2D eigenvalue weighted by atomic mass is 10.1. The molecule has 0 saturated carbocycles. The van der Waals surface area contributed by atoms with Crippen LogP contribution >= 0.6 is 11.6 Å². The molecule has 26 heavy (non-hydrogen) atoms. The predicted molar refractivity (Wildman–Crippen MR) is 95.9 cm³/mol. The van der Waals surface area contributed by atoms with Gasteiger partial charge >= 0.3 is 5.97 Å². The Morgan fingerprint density at radius 3 is 2.69 bits per heavy atom. The van der Waals surface area contributed by atoms with Crippen LogP contribution < -0.4 is 4.74 Å². The van der Waals surface area contributed by atoms with Crippen LogP contribution in [0.4, 0.5) is 0 Å². The van der Waals surface area contributed by atoms with Gasteiger partial charge in [-0.2, -0.15) is 0 Å². The Bertz CT molecular complexity index is 893. The Labute approximate surface area is 155 Å². The van der Waals surface area contributed by atoms with Gasteiger partial charge in [-0.15, -0.1) is 10.2 Å². The number of nitrogens with zero attached hydrogens (tertiary/aromatic N) is 2. The summed E-state index contributed by atoms with van der Waals surface area (Å²) in [5.74, 6) is 0.531. The molecular formula is C19H17ClN2O4. The van der Waals surface area contributed by atoms with E-state index in [0.717, 1.165) is 11.1 Å². The van der Waals surface area contributed by atoms with E-state index in [9.17, 15) is 4.79 Å². The molecule has 7 heteroatoms. The molecular weight excluding hydrogens is 356 g/mol. The zero-order valence-electron chi connectivity index (χ0n) is 14.3. The van der Waals surface area contributed by atoms with Crippen molar-refractivity contribution >= 4 is 17.6 Å². The van der Waals surface area contributed by atoms with Crippen molar-refractivity contribution in [2.75, 3.05) is 6.61 Å². The lowest BCUT2D eigenvalue weighted by Crippen LogP contribution is -2.17. The Morgan fingerprint density at radius 2 is 1.96 bits per heavy atom. The maximum atomic E-state index is 11.9. The molecule has 0 aliphatic carbocycles. The number of carbonyl (C=O) groups excluding carboxylic acids is 1. The first kappa shape index (κ1) is 17.9. The third-order valence-electron chi connectivity index (χ3n) is 3.55. The summed E-state index contributed by atoms with van der Waals surface area (Å²) < 4.78 is 16.2. The number of aromatic nitrogens is 2. The normalized spacial score (nSPS) is 11.8. The summed E-state index contributed by atoms with van der Waals surface area (Å²) in [4.78, 5) is 11.9. The summed E-state index contributed by atoms with van der Waals surface area (Å²) in [5, 5.41) is 8.47. The first-order valence-corrected chi connectivity index (χ1v) is 8.37. The van der Waals surface area contributed by atoms with Crippen molar-refractivity contribution in [3.63, 3.8) is 0 Å². The van der Waals surface area contributed by atoms with Crippen molar-refractivity contribution in [3.05, 3.63) is 65.0 Å². The summed E-state index contributed by atoms with van der Waals surface area (Å²) in [5.41, 5.74) is 1.94. The number of rotatable bonds is 6. The minimum absolute atomic E-state index is 0.219. The van der Waals surface area contributed by atoms with E-state index >= 15 is 0 Å². The highest BCUT2D eigenvalue weighted by atomic mass is 35.5. The van der Waals surface area contributed by atoms with Gasteiger partial charge in [0.15, 0.2) is 12.7 Å². The molecule has 1 aromatic heterocycles. The number of halogens is 1. The molecule has 2 aromatic carbocycles. The lowest BCUT2D eigenvalue weighted by molar-refractivity contribution is -0.152. The minimum Gasteiger partial charge on any atom is -0.482 e. The van der Waals surface area contributed by atoms with E-state index in [4.69, 9.17) is 25.5 Å². The van der Waals surface area contributed by atoms with Gasteiger partial charge in [0.2, 0.25) is 5.89 Å². The number of hydrogen-bond donors (Lipinski definition) is 0. The van der Waals surface area contributed by atoms with Crippen LogP contribution in [0.1, 0.15) is 24.5 Å². The van der Waals surface area contributed by atoms with Crippen LogP contribution in [0.25, 0.3) is 11.5 Å². The van der Waals surface area contributed by atoms with Crippen molar-refractivity contribution in [3.8, 4) is 17.2 Å². The largest absolute Gasteiger partial charge is 0.482 e. The van der Waals surface area contributed by atoms with Crippen LogP contribution in [0.5, 0.6) is 5.75 Å². The first-order valence-electron chi connectivity index (χ1n) is 7.99. The maximum absolute atomic E-state index is 11.9. The predicted octanol–water partition coefficient (Wildman–Crippen LogP) is 4.38. The molecule has 134 valence electrons. The quantitative estimate of drug-likeness (QED) is 0.598. The fourth-order valence-corrected chi connectivity index (χ4v) is 2.37. The smallest absolute Gasteiger partial charge is 0.344 e. The summed E-state index contributed by atoms with van der Waals surface area (Å²) in [6.07, 6.45) is -0.683. The average molecular weight is 373 g/mol. The number of esters is 1. The molecule has 3 aromatic rings. The lowest BCUT2D eigenvalue weighted by Gasteiger charge is -2.10. The molecule has 0 saturated heterocycles. The Kier molecular flexibility index (Phi) is 5.53. The van der Waals surface area contributed by atoms with E-state index in [0.29, 0.717) is 16.7 Å². The molecule has 0 aliphatic heterocycles. The average Bonchev–Trinajstić information content (AvgIpc) is 3.11. The van der Waals surface area contributed by atoms with Gasteiger partial charge in [-0.1, -0.05) is 35.4 Å². The van der Waals surface area contributed by atoms with E-state index in [1.807, 2.05) is 31.2 Å². The number of benzene rings is 2. The molecule has 1 heterocycles. The van der Waals surface area contributed by atoms with E-state index in [-0.39, 0.29) is 12.5 Å². The third-order valence-corrected chi connectivity index (χ3v) is 3.78. The van der Waals surface area contributed by atoms with Gasteiger partial charge in [0.25, 0.3) is 5.89 Å². The van der Waals surface area contributed by atoms with E-state index in [2.05, 4.69) is 10.2 Å². The number of ether oxygens (including phenoxy) is 2. The second-order valence-corrected chi connectivity index (χ2v) is 6.13. The summed E-state index contributed by atoms with van der Waals surface area (Å²) in [7, 11) is 0. The standard InChI is InChI=1S/C19H17ClN2O4/c1-12-6-8-14(9-7-12)19-22-21-18(26-19)13(2)25-17(23)11-24-16-5-3-4-15(20)10-16/h3-10,13H,11H2,1-2H3/t13-/m1/s1. The maximum Gasteiger partial charge on any atom is 0.344 e. The number of hydrogen-bond acceptors (Lipinski definition) is 6. The van der Waals surface area contributed by atoms with E-state index < -0.39 is 12.1 Å². The monoisotopic (exact) mass is 372 g/mol. The van der Waals surface area contributed by atoms with Crippen molar-refractivity contribution in [2.45, 2.75) is 20.0 Å².